The fraction of sp³-hybridized carbons (Fsp3) is 0.480. The Bertz CT molecular complexity index is 846. The van der Waals surface area contributed by atoms with Crippen LogP contribution in [-0.2, 0) is 17.8 Å². The van der Waals surface area contributed by atoms with Crippen LogP contribution in [-0.4, -0.2) is 65.0 Å². The summed E-state index contributed by atoms with van der Waals surface area (Å²) in [4.78, 5) is 6.84. The van der Waals surface area contributed by atoms with Gasteiger partial charge in [0.2, 0.25) is 0 Å². The lowest BCUT2D eigenvalue weighted by atomic mass is 10.1. The summed E-state index contributed by atoms with van der Waals surface area (Å²) in [5, 5.41) is 6.72. The monoisotopic (exact) mass is 570 g/mol. The molecule has 0 unspecified atom stereocenters. The number of aliphatic imine (C=N–C) groups is 1. The number of rotatable bonds is 13. The summed E-state index contributed by atoms with van der Waals surface area (Å²) in [6, 6.07) is 14.3. The second-order valence-corrected chi connectivity index (χ2v) is 7.80. The predicted molar refractivity (Wildman–Crippen MR) is 146 cm³/mol. The average Bonchev–Trinajstić information content (AvgIpc) is 2.77. The van der Waals surface area contributed by atoms with E-state index < -0.39 is 0 Å². The number of halogens is 1. The molecule has 33 heavy (non-hydrogen) atoms. The molecule has 0 aliphatic carbocycles. The third-order valence-corrected chi connectivity index (χ3v) is 4.68. The third-order valence-electron chi connectivity index (χ3n) is 4.68. The maximum Gasteiger partial charge on any atom is 0.191 e. The van der Waals surface area contributed by atoms with Crippen molar-refractivity contribution >= 4 is 29.9 Å². The van der Waals surface area contributed by atoms with Gasteiger partial charge in [0.1, 0.15) is 24.7 Å². The Kier molecular flexibility index (Phi) is 14.5. The van der Waals surface area contributed by atoms with Gasteiger partial charge in [0.15, 0.2) is 5.96 Å². The molecule has 0 amide bonds. The van der Waals surface area contributed by atoms with Gasteiger partial charge in [0, 0.05) is 32.3 Å². The first kappa shape index (κ1) is 29.0. The number of nitrogens with one attached hydrogen (secondary N) is 2. The molecule has 2 aromatic carbocycles. The molecule has 2 aromatic rings. The Labute approximate surface area is 215 Å². The Morgan fingerprint density at radius 1 is 1.00 bits per heavy atom. The maximum absolute atomic E-state index is 5.90. The Morgan fingerprint density at radius 3 is 2.55 bits per heavy atom. The van der Waals surface area contributed by atoms with E-state index in [-0.39, 0.29) is 24.0 Å². The number of likely N-dealkylation sites (N-methyl/N-ethyl adjacent to an activating group) is 1. The minimum atomic E-state index is 0. The standard InChI is InChI=1S/C25H38N4O3.HI/c1-6-26-25(27-18-21-8-7-9-23(17-21)31-13-12-29(3)4)28-19-22-11-10-20(2)16-24(22)32-15-14-30-5;/h7-11,16-17H,6,12-15,18-19H2,1-5H3,(H2,26,27,28);1H. The van der Waals surface area contributed by atoms with Crippen molar-refractivity contribution < 1.29 is 14.2 Å². The predicted octanol–water partition coefficient (Wildman–Crippen LogP) is 3.83. The molecular formula is C25H39IN4O3. The molecule has 8 heteroatoms. The van der Waals surface area contributed by atoms with E-state index >= 15 is 0 Å². The molecular weight excluding hydrogens is 531 g/mol. The van der Waals surface area contributed by atoms with Crippen molar-refractivity contribution in [3.63, 3.8) is 0 Å². The summed E-state index contributed by atoms with van der Waals surface area (Å²) in [6.45, 7) is 8.70. The van der Waals surface area contributed by atoms with Crippen molar-refractivity contribution in [2.45, 2.75) is 26.9 Å². The number of hydrogen-bond acceptors (Lipinski definition) is 5. The fourth-order valence-electron chi connectivity index (χ4n) is 2.95. The molecule has 0 saturated heterocycles. The molecule has 2 N–H and O–H groups in total. The van der Waals surface area contributed by atoms with Gasteiger partial charge in [0.05, 0.1) is 13.2 Å². The molecule has 0 fully saturated rings. The minimum Gasteiger partial charge on any atom is -0.492 e. The van der Waals surface area contributed by atoms with Gasteiger partial charge in [-0.25, -0.2) is 4.99 Å². The fourth-order valence-corrected chi connectivity index (χ4v) is 2.95. The quantitative estimate of drug-likeness (QED) is 0.165. The van der Waals surface area contributed by atoms with Crippen LogP contribution in [0, 0.1) is 6.92 Å². The van der Waals surface area contributed by atoms with Crippen LogP contribution in [0.1, 0.15) is 23.6 Å². The normalized spacial score (nSPS) is 11.2. The Morgan fingerprint density at radius 2 is 1.82 bits per heavy atom. The Hall–Kier alpha value is -2.04. The van der Waals surface area contributed by atoms with E-state index in [1.165, 1.54) is 0 Å². The molecule has 2 rings (SSSR count). The van der Waals surface area contributed by atoms with E-state index in [4.69, 9.17) is 19.2 Å². The van der Waals surface area contributed by atoms with Gasteiger partial charge in [-0.3, -0.25) is 0 Å². The van der Waals surface area contributed by atoms with Crippen molar-refractivity contribution in [3.05, 3.63) is 59.2 Å². The van der Waals surface area contributed by atoms with E-state index in [1.807, 2.05) is 32.3 Å². The van der Waals surface area contributed by atoms with Gasteiger partial charge in [-0.1, -0.05) is 24.3 Å². The van der Waals surface area contributed by atoms with E-state index in [2.05, 4.69) is 53.6 Å². The number of benzene rings is 2. The summed E-state index contributed by atoms with van der Waals surface area (Å²) in [5.41, 5.74) is 3.34. The van der Waals surface area contributed by atoms with E-state index in [0.29, 0.717) is 32.9 Å². The zero-order chi connectivity index (χ0) is 23.2. The van der Waals surface area contributed by atoms with Crippen molar-refractivity contribution in [1.29, 1.82) is 0 Å². The van der Waals surface area contributed by atoms with Gasteiger partial charge in [-0.2, -0.15) is 0 Å². The molecule has 0 saturated carbocycles. The minimum absolute atomic E-state index is 0. The first-order valence-corrected chi connectivity index (χ1v) is 11.1. The highest BCUT2D eigenvalue weighted by Crippen LogP contribution is 2.20. The highest BCUT2D eigenvalue weighted by Gasteiger charge is 2.06. The molecule has 0 bridgehead atoms. The lowest BCUT2D eigenvalue weighted by Gasteiger charge is -2.15. The van der Waals surface area contributed by atoms with Gasteiger partial charge in [-0.15, -0.1) is 24.0 Å². The summed E-state index contributed by atoms with van der Waals surface area (Å²) in [5.74, 6) is 2.50. The van der Waals surface area contributed by atoms with Crippen LogP contribution in [0.25, 0.3) is 0 Å². The van der Waals surface area contributed by atoms with E-state index in [1.54, 1.807) is 7.11 Å². The number of methoxy groups -OCH3 is 1. The van der Waals surface area contributed by atoms with Gasteiger partial charge in [0.25, 0.3) is 0 Å². The summed E-state index contributed by atoms with van der Waals surface area (Å²) in [7, 11) is 5.75. The van der Waals surface area contributed by atoms with Gasteiger partial charge < -0.3 is 29.7 Å². The van der Waals surface area contributed by atoms with Crippen molar-refractivity contribution in [2.75, 3.05) is 54.1 Å². The largest absolute Gasteiger partial charge is 0.492 e. The van der Waals surface area contributed by atoms with Gasteiger partial charge in [-0.05, 0) is 57.3 Å². The first-order valence-electron chi connectivity index (χ1n) is 11.1. The molecule has 0 spiro atoms. The summed E-state index contributed by atoms with van der Waals surface area (Å²) in [6.07, 6.45) is 0. The Balaban J connectivity index is 0.00000544. The summed E-state index contributed by atoms with van der Waals surface area (Å²) < 4.78 is 16.8. The third kappa shape index (κ3) is 11.6. The van der Waals surface area contributed by atoms with Crippen LogP contribution in [0.4, 0.5) is 0 Å². The topological polar surface area (TPSA) is 67.4 Å². The number of hydrogen-bond donors (Lipinski definition) is 2. The zero-order valence-corrected chi connectivity index (χ0v) is 22.8. The molecule has 0 radical (unpaired) electrons. The lowest BCUT2D eigenvalue weighted by molar-refractivity contribution is 0.145. The molecule has 0 atom stereocenters. The molecule has 184 valence electrons. The first-order chi connectivity index (χ1) is 15.5. The van der Waals surface area contributed by atoms with Crippen molar-refractivity contribution in [1.82, 2.24) is 15.5 Å². The highest BCUT2D eigenvalue weighted by molar-refractivity contribution is 14.0. The molecule has 0 aliphatic rings. The number of ether oxygens (including phenoxy) is 3. The zero-order valence-electron chi connectivity index (χ0n) is 20.5. The second-order valence-electron chi connectivity index (χ2n) is 7.80. The smallest absolute Gasteiger partial charge is 0.191 e. The molecule has 7 nitrogen and oxygen atoms in total. The number of guanidine groups is 1. The van der Waals surface area contributed by atoms with Crippen LogP contribution in [0.5, 0.6) is 11.5 Å². The lowest BCUT2D eigenvalue weighted by Crippen LogP contribution is -2.36. The average molecular weight is 571 g/mol. The molecule has 0 heterocycles. The van der Waals surface area contributed by atoms with E-state index in [9.17, 15) is 0 Å². The molecule has 0 aromatic heterocycles. The van der Waals surface area contributed by atoms with Crippen LogP contribution >= 0.6 is 24.0 Å². The second kappa shape index (κ2) is 16.6. The summed E-state index contributed by atoms with van der Waals surface area (Å²) >= 11 is 0. The van der Waals surface area contributed by atoms with Crippen LogP contribution in [0.3, 0.4) is 0 Å². The van der Waals surface area contributed by atoms with Crippen molar-refractivity contribution in [3.8, 4) is 11.5 Å². The number of nitrogens with zero attached hydrogens (tertiary/aromatic N) is 2. The van der Waals surface area contributed by atoms with Crippen LogP contribution in [0.2, 0.25) is 0 Å². The maximum atomic E-state index is 5.90. The van der Waals surface area contributed by atoms with E-state index in [0.717, 1.165) is 47.2 Å². The van der Waals surface area contributed by atoms with Crippen LogP contribution in [0.15, 0.2) is 47.5 Å². The SMILES string of the molecule is CCNC(=NCc1cccc(OCCN(C)C)c1)NCc1ccc(C)cc1OCCOC.I. The highest BCUT2D eigenvalue weighted by atomic mass is 127. The molecule has 0 aliphatic heterocycles. The van der Waals surface area contributed by atoms with Crippen molar-refractivity contribution in [2.24, 2.45) is 4.99 Å². The number of aryl methyl sites for hydroxylation is 1. The van der Waals surface area contributed by atoms with Gasteiger partial charge >= 0.3 is 0 Å². The van der Waals surface area contributed by atoms with Crippen LogP contribution < -0.4 is 20.1 Å².